The molecule has 1 atom stereocenters. The van der Waals surface area contributed by atoms with Crippen molar-refractivity contribution in [2.45, 2.75) is 30.5 Å². The van der Waals surface area contributed by atoms with Crippen LogP contribution in [0.2, 0.25) is 0 Å². The first-order chi connectivity index (χ1) is 7.86. The molecule has 0 bridgehead atoms. The molecular weight excluding hydrogens is 390 g/mol. The van der Waals surface area contributed by atoms with Gasteiger partial charge in [-0.15, -0.1) is 11.3 Å². The van der Waals surface area contributed by atoms with Crippen molar-refractivity contribution >= 4 is 53.2 Å². The number of rotatable bonds is 6. The molecular formula is C10H15Br2NO2S2. The van der Waals surface area contributed by atoms with Gasteiger partial charge in [0.2, 0.25) is 10.0 Å². The number of hydrogen-bond donors (Lipinski definition) is 1. The molecule has 0 aliphatic rings. The lowest BCUT2D eigenvalue weighted by Crippen LogP contribution is -2.38. The van der Waals surface area contributed by atoms with E-state index in [9.17, 15) is 8.42 Å². The van der Waals surface area contributed by atoms with Gasteiger partial charge in [0.25, 0.3) is 0 Å². The largest absolute Gasteiger partial charge is 0.250 e. The molecule has 98 valence electrons. The molecule has 0 saturated heterocycles. The van der Waals surface area contributed by atoms with Crippen LogP contribution < -0.4 is 4.72 Å². The van der Waals surface area contributed by atoms with Crippen LogP contribution in [0.3, 0.4) is 0 Å². The van der Waals surface area contributed by atoms with Crippen molar-refractivity contribution in [3.05, 3.63) is 15.9 Å². The molecule has 0 saturated carbocycles. The summed E-state index contributed by atoms with van der Waals surface area (Å²) in [6.45, 7) is 4.03. The summed E-state index contributed by atoms with van der Waals surface area (Å²) in [4.78, 5) is 0. The molecule has 0 aliphatic heterocycles. The lowest BCUT2D eigenvalue weighted by atomic mass is 10.0. The van der Waals surface area contributed by atoms with E-state index in [0.29, 0.717) is 4.21 Å². The maximum Gasteiger partial charge on any atom is 0.250 e. The molecule has 17 heavy (non-hydrogen) atoms. The van der Waals surface area contributed by atoms with Gasteiger partial charge in [-0.25, -0.2) is 13.1 Å². The molecule has 0 fully saturated rings. The van der Waals surface area contributed by atoms with E-state index in [2.05, 4.69) is 36.6 Å². The Kier molecular flexibility index (Phi) is 6.12. The highest BCUT2D eigenvalue weighted by molar-refractivity contribution is 9.11. The number of alkyl halides is 1. The third-order valence-corrected chi connectivity index (χ3v) is 6.41. The minimum Gasteiger partial charge on any atom is -0.207 e. The van der Waals surface area contributed by atoms with E-state index in [1.807, 2.05) is 13.8 Å². The SMILES string of the molecule is CC(C)C(CCBr)NS(=O)(=O)c1ccc(Br)s1. The van der Waals surface area contributed by atoms with Gasteiger partial charge in [0.05, 0.1) is 3.79 Å². The Morgan fingerprint density at radius 1 is 1.41 bits per heavy atom. The third kappa shape index (κ3) is 4.63. The van der Waals surface area contributed by atoms with Crippen molar-refractivity contribution in [3.8, 4) is 0 Å². The van der Waals surface area contributed by atoms with Gasteiger partial charge in [-0.05, 0) is 40.4 Å². The first-order valence-corrected chi connectivity index (χ1v) is 9.42. The minimum atomic E-state index is -3.39. The van der Waals surface area contributed by atoms with Crippen LogP contribution in [0, 0.1) is 5.92 Å². The normalized spacial score (nSPS) is 14.2. The first-order valence-electron chi connectivity index (χ1n) is 5.20. The first kappa shape index (κ1) is 15.6. The predicted molar refractivity (Wildman–Crippen MR) is 79.4 cm³/mol. The average Bonchev–Trinajstić information content (AvgIpc) is 2.64. The maximum absolute atomic E-state index is 12.1. The fraction of sp³-hybridized carbons (Fsp3) is 0.600. The summed E-state index contributed by atoms with van der Waals surface area (Å²) in [6.07, 6.45) is 0.781. The highest BCUT2D eigenvalue weighted by Gasteiger charge is 2.23. The van der Waals surface area contributed by atoms with Crippen molar-refractivity contribution in [3.63, 3.8) is 0 Å². The number of hydrogen-bond acceptors (Lipinski definition) is 3. The van der Waals surface area contributed by atoms with Crippen molar-refractivity contribution in [2.24, 2.45) is 5.92 Å². The number of nitrogens with one attached hydrogen (secondary N) is 1. The van der Waals surface area contributed by atoms with Crippen molar-refractivity contribution in [2.75, 3.05) is 5.33 Å². The zero-order chi connectivity index (χ0) is 13.1. The van der Waals surface area contributed by atoms with Crippen LogP contribution in [-0.2, 0) is 10.0 Å². The number of thiophene rings is 1. The van der Waals surface area contributed by atoms with Crippen LogP contribution in [-0.4, -0.2) is 19.8 Å². The quantitative estimate of drug-likeness (QED) is 0.736. The molecule has 1 N–H and O–H groups in total. The van der Waals surface area contributed by atoms with Crippen LogP contribution in [0.25, 0.3) is 0 Å². The predicted octanol–water partition coefficient (Wildman–Crippen LogP) is 3.60. The van der Waals surface area contributed by atoms with E-state index in [1.54, 1.807) is 12.1 Å². The summed E-state index contributed by atoms with van der Waals surface area (Å²) in [6, 6.07) is 3.32. The molecule has 1 unspecified atom stereocenters. The summed E-state index contributed by atoms with van der Waals surface area (Å²) in [7, 11) is -3.39. The van der Waals surface area contributed by atoms with Crippen LogP contribution in [0.4, 0.5) is 0 Å². The van der Waals surface area contributed by atoms with E-state index in [0.717, 1.165) is 15.5 Å². The van der Waals surface area contributed by atoms with Gasteiger partial charge < -0.3 is 0 Å². The summed E-state index contributed by atoms with van der Waals surface area (Å²) < 4.78 is 28.1. The Bertz CT molecular complexity index is 457. The summed E-state index contributed by atoms with van der Waals surface area (Å²) >= 11 is 7.84. The molecule has 0 amide bonds. The standard InChI is InChI=1S/C10H15Br2NO2S2/c1-7(2)8(5-6-11)13-17(14,15)10-4-3-9(12)16-10/h3-4,7-8,13H,5-6H2,1-2H3. The second-order valence-corrected chi connectivity index (χ2v) is 9.20. The smallest absolute Gasteiger partial charge is 0.207 e. The van der Waals surface area contributed by atoms with Crippen molar-refractivity contribution < 1.29 is 8.42 Å². The molecule has 1 aromatic heterocycles. The van der Waals surface area contributed by atoms with Crippen LogP contribution in [0.5, 0.6) is 0 Å². The Hall–Kier alpha value is 0.570. The number of halogens is 2. The Morgan fingerprint density at radius 3 is 2.47 bits per heavy atom. The molecule has 0 aromatic carbocycles. The van der Waals surface area contributed by atoms with Crippen LogP contribution in [0.1, 0.15) is 20.3 Å². The van der Waals surface area contributed by atoms with Crippen molar-refractivity contribution in [1.82, 2.24) is 4.72 Å². The van der Waals surface area contributed by atoms with Gasteiger partial charge >= 0.3 is 0 Å². The molecule has 0 aliphatic carbocycles. The van der Waals surface area contributed by atoms with E-state index in [-0.39, 0.29) is 12.0 Å². The highest BCUT2D eigenvalue weighted by atomic mass is 79.9. The van der Waals surface area contributed by atoms with E-state index >= 15 is 0 Å². The van der Waals surface area contributed by atoms with Gasteiger partial charge in [0.1, 0.15) is 4.21 Å². The summed E-state index contributed by atoms with van der Waals surface area (Å²) in [5.74, 6) is 0.269. The fourth-order valence-corrected chi connectivity index (χ4v) is 5.28. The Labute approximate surface area is 123 Å². The van der Waals surface area contributed by atoms with E-state index in [4.69, 9.17) is 0 Å². The second-order valence-electron chi connectivity index (χ2n) is 4.01. The Morgan fingerprint density at radius 2 is 2.06 bits per heavy atom. The van der Waals surface area contributed by atoms with Crippen molar-refractivity contribution in [1.29, 1.82) is 0 Å². The van der Waals surface area contributed by atoms with Crippen LogP contribution >= 0.6 is 43.2 Å². The second kappa shape index (κ2) is 6.65. The summed E-state index contributed by atoms with van der Waals surface area (Å²) in [5.41, 5.74) is 0. The van der Waals surface area contributed by atoms with E-state index < -0.39 is 10.0 Å². The summed E-state index contributed by atoms with van der Waals surface area (Å²) in [5, 5.41) is 0.784. The molecule has 3 nitrogen and oxygen atoms in total. The molecule has 0 spiro atoms. The topological polar surface area (TPSA) is 46.2 Å². The van der Waals surface area contributed by atoms with Gasteiger partial charge in [0, 0.05) is 11.4 Å². The monoisotopic (exact) mass is 403 g/mol. The maximum atomic E-state index is 12.1. The van der Waals surface area contributed by atoms with Crippen LogP contribution in [0.15, 0.2) is 20.1 Å². The minimum absolute atomic E-state index is 0.0414. The van der Waals surface area contributed by atoms with E-state index in [1.165, 1.54) is 11.3 Å². The zero-order valence-electron chi connectivity index (χ0n) is 9.61. The van der Waals surface area contributed by atoms with Gasteiger partial charge in [-0.2, -0.15) is 0 Å². The molecule has 7 heteroatoms. The average molecular weight is 405 g/mol. The molecule has 1 rings (SSSR count). The fourth-order valence-electron chi connectivity index (χ4n) is 1.35. The Balaban J connectivity index is 2.84. The zero-order valence-corrected chi connectivity index (χ0v) is 14.4. The lowest BCUT2D eigenvalue weighted by Gasteiger charge is -2.20. The molecule has 0 radical (unpaired) electrons. The molecule has 1 aromatic rings. The third-order valence-electron chi connectivity index (χ3n) is 2.34. The lowest BCUT2D eigenvalue weighted by molar-refractivity contribution is 0.441. The van der Waals surface area contributed by atoms with Gasteiger partial charge in [-0.3, -0.25) is 0 Å². The highest BCUT2D eigenvalue weighted by Crippen LogP contribution is 2.26. The van der Waals surface area contributed by atoms with Gasteiger partial charge in [0.15, 0.2) is 0 Å². The van der Waals surface area contributed by atoms with Gasteiger partial charge in [-0.1, -0.05) is 29.8 Å². The number of sulfonamides is 1. The molecule has 1 heterocycles.